The predicted molar refractivity (Wildman–Crippen MR) is 59.2 cm³/mol. The zero-order valence-corrected chi connectivity index (χ0v) is 9.66. The molecule has 3 nitrogen and oxygen atoms in total. The highest BCUT2D eigenvalue weighted by atomic mass is 79.9. The average molecular weight is 281 g/mol. The van der Waals surface area contributed by atoms with Crippen molar-refractivity contribution in [1.29, 1.82) is 0 Å². The van der Waals surface area contributed by atoms with E-state index < -0.39 is 12.2 Å². The zero-order valence-electron chi connectivity index (χ0n) is 7.32. The van der Waals surface area contributed by atoms with Gasteiger partial charge in [-0.1, -0.05) is 33.6 Å². The van der Waals surface area contributed by atoms with Gasteiger partial charge in [0.2, 0.25) is 0 Å². The van der Waals surface area contributed by atoms with E-state index in [4.69, 9.17) is 17.3 Å². The van der Waals surface area contributed by atoms with Gasteiger partial charge >= 0.3 is 0 Å². The van der Waals surface area contributed by atoms with Gasteiger partial charge in [0.05, 0.1) is 6.10 Å². The lowest BCUT2D eigenvalue weighted by molar-refractivity contribution is 0.0239. The molecule has 1 aromatic rings. The van der Waals surface area contributed by atoms with Crippen molar-refractivity contribution in [1.82, 2.24) is 0 Å². The first-order valence-corrected chi connectivity index (χ1v) is 5.24. The fourth-order valence-electron chi connectivity index (χ4n) is 1.08. The largest absolute Gasteiger partial charge is 0.389 e. The van der Waals surface area contributed by atoms with Crippen LogP contribution in [0, 0.1) is 0 Å². The van der Waals surface area contributed by atoms with Crippen LogP contribution in [0.2, 0.25) is 5.02 Å². The number of nitrogens with two attached hydrogens (primary N) is 1. The molecule has 78 valence electrons. The summed E-state index contributed by atoms with van der Waals surface area (Å²) < 4.78 is 0.657. The van der Waals surface area contributed by atoms with E-state index in [-0.39, 0.29) is 6.54 Å². The van der Waals surface area contributed by atoms with Crippen molar-refractivity contribution >= 4 is 27.5 Å². The molecule has 0 aromatic heterocycles. The fraction of sp³-hybridized carbons (Fsp3) is 0.333. The highest BCUT2D eigenvalue weighted by molar-refractivity contribution is 9.10. The quantitative estimate of drug-likeness (QED) is 0.785. The number of benzene rings is 1. The van der Waals surface area contributed by atoms with Gasteiger partial charge < -0.3 is 15.9 Å². The molecule has 5 heteroatoms. The molecule has 0 saturated heterocycles. The first-order valence-electron chi connectivity index (χ1n) is 4.07. The Labute approximate surface area is 95.6 Å². The minimum atomic E-state index is -0.994. The molecule has 14 heavy (non-hydrogen) atoms. The van der Waals surface area contributed by atoms with Crippen LogP contribution in [0.3, 0.4) is 0 Å². The van der Waals surface area contributed by atoms with Crippen molar-refractivity contribution in [3.8, 4) is 0 Å². The fourth-order valence-corrected chi connectivity index (χ4v) is 1.99. The molecular formula is C9H11BrClNO2. The first-order chi connectivity index (χ1) is 6.56. The number of hydrogen-bond donors (Lipinski definition) is 3. The summed E-state index contributed by atoms with van der Waals surface area (Å²) in [6.45, 7) is 0.0102. The van der Waals surface area contributed by atoms with Crippen LogP contribution in [0.4, 0.5) is 0 Å². The summed E-state index contributed by atoms with van der Waals surface area (Å²) in [5.74, 6) is 0. The minimum Gasteiger partial charge on any atom is -0.389 e. The molecule has 2 atom stereocenters. The number of hydrogen-bond acceptors (Lipinski definition) is 3. The Morgan fingerprint density at radius 3 is 2.57 bits per heavy atom. The highest BCUT2D eigenvalue weighted by Crippen LogP contribution is 2.28. The van der Waals surface area contributed by atoms with Crippen molar-refractivity contribution in [2.45, 2.75) is 12.2 Å². The van der Waals surface area contributed by atoms with Gasteiger partial charge in [-0.3, -0.25) is 0 Å². The third kappa shape index (κ3) is 2.68. The molecule has 0 saturated carbocycles. The van der Waals surface area contributed by atoms with Crippen molar-refractivity contribution in [3.05, 3.63) is 33.3 Å². The molecule has 0 spiro atoms. The molecule has 4 N–H and O–H groups in total. The molecule has 0 amide bonds. The van der Waals surface area contributed by atoms with Crippen molar-refractivity contribution in [3.63, 3.8) is 0 Å². The summed E-state index contributed by atoms with van der Waals surface area (Å²) in [6.07, 6.45) is -1.96. The molecule has 2 unspecified atom stereocenters. The summed E-state index contributed by atoms with van der Waals surface area (Å²) in [7, 11) is 0. The van der Waals surface area contributed by atoms with E-state index in [0.29, 0.717) is 15.1 Å². The molecular weight excluding hydrogens is 269 g/mol. The van der Waals surface area contributed by atoms with E-state index >= 15 is 0 Å². The number of aliphatic hydroxyl groups is 2. The van der Waals surface area contributed by atoms with Crippen LogP contribution in [0.25, 0.3) is 0 Å². The summed E-state index contributed by atoms with van der Waals surface area (Å²) in [6, 6.07) is 4.95. The van der Waals surface area contributed by atoms with Gasteiger partial charge in [0.15, 0.2) is 0 Å². The second-order valence-corrected chi connectivity index (χ2v) is 4.20. The SMILES string of the molecule is NCC(O)C(O)c1ccc(Cl)cc1Br. The molecule has 0 aliphatic rings. The summed E-state index contributed by atoms with van der Waals surface area (Å²) in [5, 5.41) is 19.6. The molecule has 1 rings (SSSR count). The van der Waals surface area contributed by atoms with E-state index in [9.17, 15) is 10.2 Å². The van der Waals surface area contributed by atoms with Gasteiger partial charge in [-0.15, -0.1) is 0 Å². The number of halogens is 2. The van der Waals surface area contributed by atoms with Crippen LogP contribution >= 0.6 is 27.5 Å². The van der Waals surface area contributed by atoms with Gasteiger partial charge in [0, 0.05) is 16.0 Å². The van der Waals surface area contributed by atoms with Gasteiger partial charge in [-0.2, -0.15) is 0 Å². The minimum absolute atomic E-state index is 0.0102. The number of aliphatic hydroxyl groups excluding tert-OH is 2. The maximum absolute atomic E-state index is 9.66. The molecule has 0 aliphatic heterocycles. The number of rotatable bonds is 3. The predicted octanol–water partition coefficient (Wildman–Crippen LogP) is 1.46. The molecule has 1 aromatic carbocycles. The lowest BCUT2D eigenvalue weighted by Gasteiger charge is -2.17. The van der Waals surface area contributed by atoms with Crippen molar-refractivity contribution in [2.24, 2.45) is 5.73 Å². The Morgan fingerprint density at radius 1 is 1.43 bits per heavy atom. The maximum atomic E-state index is 9.66. The van der Waals surface area contributed by atoms with Crippen molar-refractivity contribution < 1.29 is 10.2 Å². The van der Waals surface area contributed by atoms with E-state index in [2.05, 4.69) is 15.9 Å². The van der Waals surface area contributed by atoms with E-state index in [1.165, 1.54) is 0 Å². The Morgan fingerprint density at radius 2 is 2.07 bits per heavy atom. The normalized spacial score (nSPS) is 15.2. The second kappa shape index (κ2) is 5.09. The van der Waals surface area contributed by atoms with Crippen LogP contribution in [0.15, 0.2) is 22.7 Å². The van der Waals surface area contributed by atoms with Gasteiger partial charge in [0.25, 0.3) is 0 Å². The summed E-state index contributed by atoms with van der Waals surface area (Å²) in [4.78, 5) is 0. The Bertz CT molecular complexity index is 322. The van der Waals surface area contributed by atoms with Gasteiger partial charge in [-0.05, 0) is 17.7 Å². The van der Waals surface area contributed by atoms with Gasteiger partial charge in [-0.25, -0.2) is 0 Å². The van der Waals surface area contributed by atoms with Crippen LogP contribution in [-0.2, 0) is 0 Å². The van der Waals surface area contributed by atoms with Crippen LogP contribution < -0.4 is 5.73 Å². The van der Waals surface area contributed by atoms with Crippen molar-refractivity contribution in [2.75, 3.05) is 6.54 Å². The molecule has 0 aliphatic carbocycles. The molecule has 0 bridgehead atoms. The lowest BCUT2D eigenvalue weighted by atomic mass is 10.0. The molecule has 0 radical (unpaired) electrons. The van der Waals surface area contributed by atoms with E-state index in [1.807, 2.05) is 0 Å². The highest BCUT2D eigenvalue weighted by Gasteiger charge is 2.18. The lowest BCUT2D eigenvalue weighted by Crippen LogP contribution is -2.27. The van der Waals surface area contributed by atoms with Gasteiger partial charge in [0.1, 0.15) is 6.10 Å². The first kappa shape index (κ1) is 11.9. The average Bonchev–Trinajstić information content (AvgIpc) is 2.15. The van der Waals surface area contributed by atoms with Crippen LogP contribution in [-0.4, -0.2) is 22.9 Å². The summed E-state index contributed by atoms with van der Waals surface area (Å²) >= 11 is 8.99. The zero-order chi connectivity index (χ0) is 10.7. The topological polar surface area (TPSA) is 66.5 Å². The van der Waals surface area contributed by atoms with Crippen LogP contribution in [0.5, 0.6) is 0 Å². The summed E-state index contributed by atoms with van der Waals surface area (Å²) in [5.41, 5.74) is 5.82. The molecule has 0 heterocycles. The third-order valence-corrected chi connectivity index (χ3v) is 2.81. The standard InChI is InChI=1S/C9H11BrClNO2/c10-7-3-5(11)1-2-6(7)9(14)8(13)4-12/h1-3,8-9,13-14H,4,12H2. The third-order valence-electron chi connectivity index (χ3n) is 1.89. The molecule has 0 fully saturated rings. The van der Waals surface area contributed by atoms with E-state index in [0.717, 1.165) is 0 Å². The Kier molecular flexibility index (Phi) is 4.34. The smallest absolute Gasteiger partial charge is 0.107 e. The maximum Gasteiger partial charge on any atom is 0.107 e. The second-order valence-electron chi connectivity index (χ2n) is 2.91. The van der Waals surface area contributed by atoms with E-state index in [1.54, 1.807) is 18.2 Å². The monoisotopic (exact) mass is 279 g/mol. The van der Waals surface area contributed by atoms with Crippen LogP contribution in [0.1, 0.15) is 11.7 Å². The Balaban J connectivity index is 2.95. The Hall–Kier alpha value is -0.130.